The molecule has 0 atom stereocenters. The zero-order valence-corrected chi connectivity index (χ0v) is 8.28. The Kier molecular flexibility index (Phi) is 2.24. The highest BCUT2D eigenvalue weighted by molar-refractivity contribution is 6.31. The van der Waals surface area contributed by atoms with Crippen molar-refractivity contribution in [3.8, 4) is 0 Å². The molecule has 0 saturated carbocycles. The molecule has 1 aromatic heterocycles. The molecule has 2 rings (SSSR count). The Bertz CT molecular complexity index is 702. The normalized spacial score (nSPS) is 10.6. The summed E-state index contributed by atoms with van der Waals surface area (Å²) in [4.78, 5) is 34.2. The highest BCUT2D eigenvalue weighted by Gasteiger charge is 2.17. The molecule has 0 aliphatic rings. The monoisotopic (exact) mass is 242 g/mol. The first-order valence-corrected chi connectivity index (χ1v) is 4.38. The Labute approximate surface area is 91.4 Å². The minimum absolute atomic E-state index is 0.0125. The van der Waals surface area contributed by atoms with Gasteiger partial charge in [-0.15, -0.1) is 0 Å². The number of H-pyrrole nitrogens is 1. The number of nitrogens with zero attached hydrogens (tertiary/aromatic N) is 1. The molecule has 0 radical (unpaired) electrons. The van der Waals surface area contributed by atoms with E-state index in [-0.39, 0.29) is 15.9 Å². The smallest absolute Gasteiger partial charge is 0.372 e. The van der Waals surface area contributed by atoms with Crippen molar-refractivity contribution < 1.29 is 9.34 Å². The fraction of sp³-hybridized carbons (Fsp3) is 0. The summed E-state index contributed by atoms with van der Waals surface area (Å²) in [5.41, 5.74) is -1.62. The van der Waals surface area contributed by atoms with E-state index in [1.807, 2.05) is 0 Å². The molecule has 0 bridgehead atoms. The molecular weight excluding hydrogens is 240 g/mol. The average molecular weight is 243 g/mol. The van der Waals surface area contributed by atoms with Crippen LogP contribution in [0.25, 0.3) is 10.9 Å². The van der Waals surface area contributed by atoms with E-state index in [0.29, 0.717) is 0 Å². The van der Waals surface area contributed by atoms with Gasteiger partial charge in [0.2, 0.25) is 0 Å². The van der Waals surface area contributed by atoms with Crippen LogP contribution in [0.3, 0.4) is 0 Å². The molecule has 0 unspecified atom stereocenters. The number of nitro benzene ring substituents is 1. The van der Waals surface area contributed by atoms with Gasteiger partial charge in [0.25, 0.3) is 5.69 Å². The SMILES string of the molecule is O=c1[nH]c2c([N+](=O)[O-])cc(Cl)cc2c(=O)o1. The highest BCUT2D eigenvalue weighted by atomic mass is 35.5. The Balaban J connectivity index is 3.07. The predicted octanol–water partition coefficient (Wildman–Crippen LogP) is 1.04. The number of aromatic amines is 1. The number of hydrogen-bond acceptors (Lipinski definition) is 5. The van der Waals surface area contributed by atoms with Gasteiger partial charge in [-0.2, -0.15) is 0 Å². The van der Waals surface area contributed by atoms with Gasteiger partial charge in [-0.1, -0.05) is 11.6 Å². The fourth-order valence-electron chi connectivity index (χ4n) is 1.30. The lowest BCUT2D eigenvalue weighted by Gasteiger charge is -1.98. The van der Waals surface area contributed by atoms with Crippen molar-refractivity contribution in [3.05, 3.63) is 48.2 Å². The van der Waals surface area contributed by atoms with Gasteiger partial charge in [0.1, 0.15) is 5.52 Å². The second-order valence-electron chi connectivity index (χ2n) is 2.91. The lowest BCUT2D eigenvalue weighted by atomic mass is 10.2. The van der Waals surface area contributed by atoms with E-state index in [1.54, 1.807) is 0 Å². The van der Waals surface area contributed by atoms with Crippen molar-refractivity contribution in [2.75, 3.05) is 0 Å². The molecular formula is C8H3ClN2O5. The zero-order chi connectivity index (χ0) is 11.9. The summed E-state index contributed by atoms with van der Waals surface area (Å²) in [6.07, 6.45) is 0. The second kappa shape index (κ2) is 3.46. The van der Waals surface area contributed by atoms with Crippen LogP contribution in [-0.2, 0) is 0 Å². The van der Waals surface area contributed by atoms with Crippen LogP contribution < -0.4 is 11.4 Å². The third kappa shape index (κ3) is 1.57. The first-order valence-electron chi connectivity index (χ1n) is 4.00. The number of benzene rings is 1. The molecule has 82 valence electrons. The minimum atomic E-state index is -1.05. The van der Waals surface area contributed by atoms with E-state index < -0.39 is 22.0 Å². The maximum Gasteiger partial charge on any atom is 0.419 e. The Morgan fingerprint density at radius 2 is 2.06 bits per heavy atom. The molecule has 8 heteroatoms. The molecule has 2 aromatic rings. The number of nitro groups is 1. The molecule has 0 aliphatic carbocycles. The number of nitrogens with one attached hydrogen (secondary N) is 1. The van der Waals surface area contributed by atoms with Crippen LogP contribution in [0.1, 0.15) is 0 Å². The predicted molar refractivity (Wildman–Crippen MR) is 54.8 cm³/mol. The van der Waals surface area contributed by atoms with E-state index in [1.165, 1.54) is 6.07 Å². The van der Waals surface area contributed by atoms with Crippen molar-refractivity contribution in [3.63, 3.8) is 0 Å². The van der Waals surface area contributed by atoms with Gasteiger partial charge in [0.05, 0.1) is 10.3 Å². The lowest BCUT2D eigenvalue weighted by molar-refractivity contribution is -0.383. The number of fused-ring (bicyclic) bond motifs is 1. The Morgan fingerprint density at radius 1 is 1.38 bits per heavy atom. The average Bonchev–Trinajstić information content (AvgIpc) is 2.18. The molecule has 1 heterocycles. The molecule has 16 heavy (non-hydrogen) atoms. The first-order chi connectivity index (χ1) is 7.49. The standard InChI is InChI=1S/C8H3ClN2O5/c9-3-1-4-6(5(2-3)11(14)15)10-8(13)16-7(4)12/h1-2H,(H,10,13). The summed E-state index contributed by atoms with van der Waals surface area (Å²) in [5.74, 6) is -1.05. The number of halogens is 1. The van der Waals surface area contributed by atoms with E-state index in [2.05, 4.69) is 9.40 Å². The van der Waals surface area contributed by atoms with E-state index in [4.69, 9.17) is 11.6 Å². The van der Waals surface area contributed by atoms with Gasteiger partial charge in [-0.05, 0) is 6.07 Å². The summed E-state index contributed by atoms with van der Waals surface area (Å²) < 4.78 is 4.23. The van der Waals surface area contributed by atoms with Gasteiger partial charge in [0.15, 0.2) is 0 Å². The topological polar surface area (TPSA) is 106 Å². The number of rotatable bonds is 1. The van der Waals surface area contributed by atoms with Crippen LogP contribution in [0.15, 0.2) is 26.1 Å². The first kappa shape index (κ1) is 10.4. The van der Waals surface area contributed by atoms with E-state index in [0.717, 1.165) is 6.07 Å². The molecule has 0 fully saturated rings. The third-order valence-corrected chi connectivity index (χ3v) is 2.13. The lowest BCUT2D eigenvalue weighted by Crippen LogP contribution is -2.15. The van der Waals surface area contributed by atoms with Crippen molar-refractivity contribution in [1.29, 1.82) is 0 Å². The molecule has 1 aromatic carbocycles. The quantitative estimate of drug-likeness (QED) is 0.594. The van der Waals surface area contributed by atoms with Crippen molar-refractivity contribution >= 4 is 28.2 Å². The van der Waals surface area contributed by atoms with E-state index in [9.17, 15) is 19.7 Å². The Hall–Kier alpha value is -2.15. The van der Waals surface area contributed by atoms with Crippen LogP contribution in [0, 0.1) is 10.1 Å². The summed E-state index contributed by atoms with van der Waals surface area (Å²) in [6, 6.07) is 2.23. The number of aromatic nitrogens is 1. The van der Waals surface area contributed by atoms with Gasteiger partial charge in [-0.25, -0.2) is 9.59 Å². The van der Waals surface area contributed by atoms with Gasteiger partial charge in [-0.3, -0.25) is 15.1 Å². The van der Waals surface area contributed by atoms with Crippen LogP contribution >= 0.6 is 11.6 Å². The highest BCUT2D eigenvalue weighted by Crippen LogP contribution is 2.25. The molecule has 7 nitrogen and oxygen atoms in total. The summed E-state index contributed by atoms with van der Waals surface area (Å²) in [5, 5.41) is 10.6. The van der Waals surface area contributed by atoms with Gasteiger partial charge in [0, 0.05) is 11.1 Å². The molecule has 0 spiro atoms. The van der Waals surface area contributed by atoms with Crippen LogP contribution in [-0.4, -0.2) is 9.91 Å². The summed E-state index contributed by atoms with van der Waals surface area (Å²) in [6.45, 7) is 0. The molecule has 0 aliphatic heterocycles. The number of non-ortho nitro benzene ring substituents is 1. The van der Waals surface area contributed by atoms with Crippen LogP contribution in [0.2, 0.25) is 5.02 Å². The Morgan fingerprint density at radius 3 is 2.69 bits per heavy atom. The van der Waals surface area contributed by atoms with Crippen LogP contribution in [0.4, 0.5) is 5.69 Å². The summed E-state index contributed by atoms with van der Waals surface area (Å²) >= 11 is 5.60. The van der Waals surface area contributed by atoms with Gasteiger partial charge >= 0.3 is 11.4 Å². The number of hydrogen-bond donors (Lipinski definition) is 1. The molecule has 0 amide bonds. The summed E-state index contributed by atoms with van der Waals surface area (Å²) in [7, 11) is 0. The maximum absolute atomic E-state index is 11.3. The van der Waals surface area contributed by atoms with Gasteiger partial charge < -0.3 is 4.42 Å². The van der Waals surface area contributed by atoms with Crippen molar-refractivity contribution in [2.45, 2.75) is 0 Å². The second-order valence-corrected chi connectivity index (χ2v) is 3.34. The van der Waals surface area contributed by atoms with Crippen LogP contribution in [0.5, 0.6) is 0 Å². The third-order valence-electron chi connectivity index (χ3n) is 1.91. The molecule has 0 saturated heterocycles. The zero-order valence-electron chi connectivity index (χ0n) is 7.52. The fourth-order valence-corrected chi connectivity index (χ4v) is 1.51. The van der Waals surface area contributed by atoms with E-state index >= 15 is 0 Å². The molecule has 1 N–H and O–H groups in total. The largest absolute Gasteiger partial charge is 0.419 e. The minimum Gasteiger partial charge on any atom is -0.372 e. The maximum atomic E-state index is 11.3. The van der Waals surface area contributed by atoms with Crippen molar-refractivity contribution in [2.24, 2.45) is 0 Å². The van der Waals surface area contributed by atoms with Crippen molar-refractivity contribution in [1.82, 2.24) is 4.98 Å².